The second-order valence-electron chi connectivity index (χ2n) is 1.88. The first-order valence-corrected chi connectivity index (χ1v) is 3.79. The average molecular weight is 173 g/mol. The predicted octanol–water partition coefficient (Wildman–Crippen LogP) is 2.85. The Labute approximate surface area is 70.4 Å². The molecule has 0 bridgehead atoms. The minimum absolute atomic E-state index is 0.569. The Morgan fingerprint density at radius 1 is 1.82 bits per heavy atom. The molecule has 0 saturated carbocycles. The predicted molar refractivity (Wildman–Crippen MR) is 44.2 cm³/mol. The molecule has 0 aromatic carbocycles. The van der Waals surface area contributed by atoms with Crippen LogP contribution in [-0.2, 0) is 4.74 Å². The van der Waals surface area contributed by atoms with Crippen LogP contribution in [0.25, 0.3) is 5.76 Å². The lowest BCUT2D eigenvalue weighted by Crippen LogP contribution is -1.87. The number of ether oxygens (including phenoxy) is 1. The molecule has 0 N–H and O–H groups in total. The van der Waals surface area contributed by atoms with Crippen molar-refractivity contribution in [3.05, 3.63) is 29.7 Å². The Balaban J connectivity index is 2.72. The van der Waals surface area contributed by atoms with Gasteiger partial charge in [0.25, 0.3) is 0 Å². The van der Waals surface area contributed by atoms with E-state index in [1.807, 2.05) is 6.92 Å². The molecule has 0 saturated heterocycles. The van der Waals surface area contributed by atoms with Crippen molar-refractivity contribution >= 4 is 17.4 Å². The highest BCUT2D eigenvalue weighted by Gasteiger charge is 2.02. The quantitative estimate of drug-likeness (QED) is 0.655. The van der Waals surface area contributed by atoms with Gasteiger partial charge >= 0.3 is 0 Å². The molecule has 1 heterocycles. The fraction of sp³-hybridized carbons (Fsp3) is 0.250. The minimum atomic E-state index is 0.569. The molecule has 0 spiro atoms. The van der Waals surface area contributed by atoms with E-state index in [-0.39, 0.29) is 0 Å². The Morgan fingerprint density at radius 2 is 2.64 bits per heavy atom. The van der Waals surface area contributed by atoms with E-state index in [9.17, 15) is 0 Å². The highest BCUT2D eigenvalue weighted by Crippen LogP contribution is 2.16. The maximum Gasteiger partial charge on any atom is 0.173 e. The van der Waals surface area contributed by atoms with Crippen molar-refractivity contribution in [1.29, 1.82) is 0 Å². The summed E-state index contributed by atoms with van der Waals surface area (Å²) in [6.45, 7) is 2.47. The molecule has 0 radical (unpaired) electrons. The van der Waals surface area contributed by atoms with Gasteiger partial charge in [-0.3, -0.25) is 0 Å². The monoisotopic (exact) mass is 172 g/mol. The fourth-order valence-electron chi connectivity index (χ4n) is 0.731. The van der Waals surface area contributed by atoms with Gasteiger partial charge in [-0.15, -0.1) is 0 Å². The van der Waals surface area contributed by atoms with Crippen molar-refractivity contribution in [2.75, 3.05) is 6.61 Å². The summed E-state index contributed by atoms with van der Waals surface area (Å²) in [7, 11) is 0. The van der Waals surface area contributed by atoms with Gasteiger partial charge in [0.15, 0.2) is 11.5 Å². The summed E-state index contributed by atoms with van der Waals surface area (Å²) in [6.07, 6.45) is 1.58. The van der Waals surface area contributed by atoms with Crippen LogP contribution < -0.4 is 0 Å². The summed E-state index contributed by atoms with van der Waals surface area (Å²) >= 11 is 5.49. The average Bonchev–Trinajstić information content (AvgIpc) is 2.52. The zero-order valence-electron chi connectivity index (χ0n) is 6.21. The van der Waals surface area contributed by atoms with Crippen LogP contribution in [0, 0.1) is 0 Å². The fourth-order valence-corrected chi connectivity index (χ4v) is 0.901. The van der Waals surface area contributed by atoms with Crippen LogP contribution in [0.5, 0.6) is 0 Å². The molecule has 2 nitrogen and oxygen atoms in total. The summed E-state index contributed by atoms with van der Waals surface area (Å²) in [5.74, 6) is 1.22. The number of hydrogen-bond acceptors (Lipinski definition) is 2. The Morgan fingerprint density at radius 3 is 3.09 bits per heavy atom. The molecular formula is C8H9ClO2. The van der Waals surface area contributed by atoms with Crippen molar-refractivity contribution in [3.63, 3.8) is 0 Å². The molecule has 60 valence electrons. The van der Waals surface area contributed by atoms with Crippen LogP contribution in [0.3, 0.4) is 0 Å². The van der Waals surface area contributed by atoms with Crippen molar-refractivity contribution in [1.82, 2.24) is 0 Å². The van der Waals surface area contributed by atoms with Gasteiger partial charge in [0.05, 0.1) is 18.4 Å². The third-order valence-corrected chi connectivity index (χ3v) is 1.36. The molecule has 1 rings (SSSR count). The van der Waals surface area contributed by atoms with Gasteiger partial charge in [-0.1, -0.05) is 11.6 Å². The number of furan rings is 1. The maximum absolute atomic E-state index is 5.49. The molecule has 0 aliphatic carbocycles. The standard InChI is InChI=1S/C8H9ClO2/c1-2-10-8(6-9)7-4-3-5-11-7/h3-6H,2H2,1H3/b8-6+. The topological polar surface area (TPSA) is 22.4 Å². The first-order chi connectivity index (χ1) is 5.38. The van der Waals surface area contributed by atoms with Gasteiger partial charge < -0.3 is 9.15 Å². The van der Waals surface area contributed by atoms with Crippen LogP contribution in [-0.4, -0.2) is 6.61 Å². The molecule has 1 aromatic heterocycles. The van der Waals surface area contributed by atoms with Gasteiger partial charge in [0.1, 0.15) is 0 Å². The molecule has 0 aliphatic rings. The second-order valence-corrected chi connectivity index (χ2v) is 2.10. The first kappa shape index (κ1) is 8.21. The molecule has 11 heavy (non-hydrogen) atoms. The van der Waals surface area contributed by atoms with Crippen LogP contribution in [0.15, 0.2) is 28.3 Å². The van der Waals surface area contributed by atoms with Crippen LogP contribution >= 0.6 is 11.6 Å². The Bertz CT molecular complexity index is 226. The van der Waals surface area contributed by atoms with Crippen LogP contribution in [0.1, 0.15) is 12.7 Å². The van der Waals surface area contributed by atoms with Gasteiger partial charge in [0, 0.05) is 0 Å². The third-order valence-electron chi connectivity index (χ3n) is 1.16. The lowest BCUT2D eigenvalue weighted by Gasteiger charge is -2.02. The number of rotatable bonds is 3. The van der Waals surface area contributed by atoms with Crippen molar-refractivity contribution < 1.29 is 9.15 Å². The van der Waals surface area contributed by atoms with Crippen LogP contribution in [0.2, 0.25) is 0 Å². The highest BCUT2D eigenvalue weighted by atomic mass is 35.5. The third kappa shape index (κ3) is 2.02. The molecule has 0 amide bonds. The van der Waals surface area contributed by atoms with Gasteiger partial charge in [0.2, 0.25) is 0 Å². The Kier molecular flexibility index (Phi) is 3.05. The van der Waals surface area contributed by atoms with Crippen LogP contribution in [0.4, 0.5) is 0 Å². The lowest BCUT2D eigenvalue weighted by atomic mass is 10.4. The second kappa shape index (κ2) is 4.09. The minimum Gasteiger partial charge on any atom is -0.489 e. The molecule has 3 heteroatoms. The van der Waals surface area contributed by atoms with Gasteiger partial charge in [-0.2, -0.15) is 0 Å². The van der Waals surface area contributed by atoms with Crippen molar-refractivity contribution in [3.8, 4) is 0 Å². The first-order valence-electron chi connectivity index (χ1n) is 3.35. The molecule has 1 aromatic rings. The van der Waals surface area contributed by atoms with E-state index in [0.717, 1.165) is 0 Å². The molecule has 0 unspecified atom stereocenters. The summed E-state index contributed by atoms with van der Waals surface area (Å²) in [5.41, 5.74) is 1.36. The summed E-state index contributed by atoms with van der Waals surface area (Å²) in [6, 6.07) is 3.58. The summed E-state index contributed by atoms with van der Waals surface area (Å²) in [5, 5.41) is 0. The van der Waals surface area contributed by atoms with E-state index >= 15 is 0 Å². The molecule has 0 aliphatic heterocycles. The Hall–Kier alpha value is -0.890. The zero-order valence-corrected chi connectivity index (χ0v) is 6.97. The van der Waals surface area contributed by atoms with Crippen molar-refractivity contribution in [2.45, 2.75) is 6.92 Å². The smallest absolute Gasteiger partial charge is 0.173 e. The van der Waals surface area contributed by atoms with E-state index in [1.165, 1.54) is 5.54 Å². The van der Waals surface area contributed by atoms with Gasteiger partial charge in [-0.05, 0) is 19.1 Å². The van der Waals surface area contributed by atoms with E-state index in [1.54, 1.807) is 18.4 Å². The number of halogens is 1. The van der Waals surface area contributed by atoms with E-state index in [0.29, 0.717) is 18.1 Å². The zero-order chi connectivity index (χ0) is 8.10. The molecule has 0 fully saturated rings. The summed E-state index contributed by atoms with van der Waals surface area (Å²) in [4.78, 5) is 0. The largest absolute Gasteiger partial charge is 0.489 e. The molecular weight excluding hydrogens is 164 g/mol. The maximum atomic E-state index is 5.49. The van der Waals surface area contributed by atoms with E-state index < -0.39 is 0 Å². The van der Waals surface area contributed by atoms with Crippen molar-refractivity contribution in [2.24, 2.45) is 0 Å². The molecule has 0 atom stereocenters. The summed E-state index contributed by atoms with van der Waals surface area (Å²) < 4.78 is 10.2. The van der Waals surface area contributed by atoms with Gasteiger partial charge in [-0.25, -0.2) is 0 Å². The van der Waals surface area contributed by atoms with E-state index in [4.69, 9.17) is 20.8 Å². The SMILES string of the molecule is CCO/C(=C/Cl)c1ccco1. The highest BCUT2D eigenvalue weighted by molar-refractivity contribution is 6.27. The lowest BCUT2D eigenvalue weighted by molar-refractivity contribution is 0.287. The normalized spacial score (nSPS) is 11.6. The van der Waals surface area contributed by atoms with E-state index in [2.05, 4.69) is 0 Å². The number of hydrogen-bond donors (Lipinski definition) is 0.